The van der Waals surface area contributed by atoms with Crippen LogP contribution in [-0.2, 0) is 20.3 Å². The SMILES string of the molecule is CCCC(O)COc1ccc(C(C)(C)c2ccc(OCC3CO3)cc2)cc1.COc1ccc(C(C)(C)c2ccc(OCC3CO3)cc2)cc1. The fraction of sp³-hybridized carbons (Fsp3) is 0.429. The molecule has 3 unspecified atom stereocenters. The second kappa shape index (κ2) is 16.6. The first kappa shape index (κ1) is 36.2. The fourth-order valence-corrected chi connectivity index (χ4v) is 5.56. The molecule has 2 saturated heterocycles. The summed E-state index contributed by atoms with van der Waals surface area (Å²) in [7, 11) is 1.69. The van der Waals surface area contributed by atoms with Crippen molar-refractivity contribution in [1.82, 2.24) is 0 Å². The lowest BCUT2D eigenvalue weighted by Crippen LogP contribution is -2.19. The Kier molecular flexibility index (Phi) is 12.3. The lowest BCUT2D eigenvalue weighted by atomic mass is 9.78. The Labute approximate surface area is 292 Å². The van der Waals surface area contributed by atoms with Crippen LogP contribution in [0.3, 0.4) is 0 Å². The van der Waals surface area contributed by atoms with E-state index in [4.69, 9.17) is 28.4 Å². The minimum atomic E-state index is -0.404. The second-order valence-corrected chi connectivity index (χ2v) is 13.8. The summed E-state index contributed by atoms with van der Waals surface area (Å²) in [5, 5.41) is 9.80. The van der Waals surface area contributed by atoms with Crippen LogP contribution in [0.2, 0.25) is 0 Å². The Morgan fingerprint density at radius 1 is 0.592 bits per heavy atom. The highest BCUT2D eigenvalue weighted by atomic mass is 16.6. The maximum absolute atomic E-state index is 9.80. The first-order chi connectivity index (χ1) is 23.6. The normalized spacial score (nSPS) is 17.3. The molecule has 0 amide bonds. The predicted molar refractivity (Wildman–Crippen MR) is 193 cm³/mol. The van der Waals surface area contributed by atoms with Crippen molar-refractivity contribution in [3.05, 3.63) is 119 Å². The lowest BCUT2D eigenvalue weighted by Gasteiger charge is -2.26. The highest BCUT2D eigenvalue weighted by Crippen LogP contribution is 2.35. The molecule has 0 bridgehead atoms. The third kappa shape index (κ3) is 10.5. The number of benzene rings is 4. The summed E-state index contributed by atoms with van der Waals surface area (Å²) in [6.07, 6.45) is 1.87. The zero-order valence-electron chi connectivity index (χ0n) is 29.8. The molecule has 0 aliphatic carbocycles. The van der Waals surface area contributed by atoms with Crippen molar-refractivity contribution in [1.29, 1.82) is 0 Å². The van der Waals surface area contributed by atoms with E-state index < -0.39 is 6.10 Å². The van der Waals surface area contributed by atoms with E-state index in [9.17, 15) is 5.11 Å². The first-order valence-corrected chi connectivity index (χ1v) is 17.3. The monoisotopic (exact) mass is 668 g/mol. The molecule has 0 aromatic heterocycles. The Morgan fingerprint density at radius 2 is 0.918 bits per heavy atom. The van der Waals surface area contributed by atoms with Gasteiger partial charge >= 0.3 is 0 Å². The van der Waals surface area contributed by atoms with Gasteiger partial charge in [-0.3, -0.25) is 0 Å². The van der Waals surface area contributed by atoms with Gasteiger partial charge in [0, 0.05) is 10.8 Å². The van der Waals surface area contributed by atoms with Gasteiger partial charge in [-0.25, -0.2) is 0 Å². The van der Waals surface area contributed by atoms with E-state index in [0.29, 0.717) is 19.8 Å². The molecule has 3 atom stereocenters. The van der Waals surface area contributed by atoms with E-state index in [0.717, 1.165) is 49.1 Å². The molecule has 2 aliphatic heterocycles. The average Bonchev–Trinajstić information content (AvgIpc) is 4.06. The van der Waals surface area contributed by atoms with Crippen LogP contribution in [0.25, 0.3) is 0 Å². The van der Waals surface area contributed by atoms with Crippen molar-refractivity contribution in [2.75, 3.05) is 40.1 Å². The maximum atomic E-state index is 9.80. The van der Waals surface area contributed by atoms with Gasteiger partial charge in [-0.15, -0.1) is 0 Å². The van der Waals surface area contributed by atoms with Crippen LogP contribution >= 0.6 is 0 Å². The third-order valence-corrected chi connectivity index (χ3v) is 9.28. The number of epoxide rings is 2. The van der Waals surface area contributed by atoms with Crippen LogP contribution in [0, 0.1) is 0 Å². The number of hydrogen-bond acceptors (Lipinski definition) is 7. The molecule has 4 aromatic rings. The average molecular weight is 669 g/mol. The minimum absolute atomic E-state index is 0.0651. The van der Waals surface area contributed by atoms with Crippen molar-refractivity contribution in [2.24, 2.45) is 0 Å². The molecule has 2 heterocycles. The van der Waals surface area contributed by atoms with E-state index >= 15 is 0 Å². The van der Waals surface area contributed by atoms with Gasteiger partial charge < -0.3 is 33.5 Å². The van der Waals surface area contributed by atoms with E-state index in [1.807, 2.05) is 48.5 Å². The number of ether oxygens (including phenoxy) is 6. The van der Waals surface area contributed by atoms with Crippen molar-refractivity contribution in [2.45, 2.75) is 76.6 Å². The Morgan fingerprint density at radius 3 is 1.22 bits per heavy atom. The number of rotatable bonds is 16. The van der Waals surface area contributed by atoms with Crippen molar-refractivity contribution in [3.8, 4) is 23.0 Å². The number of aliphatic hydroxyl groups excluding tert-OH is 1. The summed E-state index contributed by atoms with van der Waals surface area (Å²) in [4.78, 5) is 0. The zero-order chi connectivity index (χ0) is 34.9. The Balaban J connectivity index is 0.000000195. The maximum Gasteiger partial charge on any atom is 0.119 e. The molecular weight excluding hydrogens is 616 g/mol. The molecule has 2 fully saturated rings. The quantitative estimate of drug-likeness (QED) is 0.121. The van der Waals surface area contributed by atoms with Gasteiger partial charge in [-0.1, -0.05) is 89.6 Å². The molecule has 7 nitrogen and oxygen atoms in total. The highest BCUT2D eigenvalue weighted by molar-refractivity contribution is 5.43. The van der Waals surface area contributed by atoms with Gasteiger partial charge in [-0.05, 0) is 77.2 Å². The summed E-state index contributed by atoms with van der Waals surface area (Å²) in [5.41, 5.74) is 4.76. The van der Waals surface area contributed by atoms with Gasteiger partial charge in [0.1, 0.15) is 55.0 Å². The summed E-state index contributed by atoms with van der Waals surface area (Å²) >= 11 is 0. The summed E-state index contributed by atoms with van der Waals surface area (Å²) < 4.78 is 32.6. The van der Waals surface area contributed by atoms with Crippen LogP contribution in [0.1, 0.15) is 69.7 Å². The Hall–Kier alpha value is -4.04. The largest absolute Gasteiger partial charge is 0.497 e. The number of methoxy groups -OCH3 is 1. The number of aliphatic hydroxyl groups is 1. The molecule has 7 heteroatoms. The van der Waals surface area contributed by atoms with Gasteiger partial charge in [0.25, 0.3) is 0 Å². The molecule has 0 saturated carbocycles. The van der Waals surface area contributed by atoms with Gasteiger partial charge in [0.2, 0.25) is 0 Å². The highest BCUT2D eigenvalue weighted by Gasteiger charge is 2.26. The Bertz CT molecular complexity index is 1550. The molecular formula is C42H52O7. The van der Waals surface area contributed by atoms with Crippen molar-refractivity contribution >= 4 is 0 Å². The van der Waals surface area contributed by atoms with Crippen LogP contribution in [-0.4, -0.2) is 63.6 Å². The fourth-order valence-electron chi connectivity index (χ4n) is 5.56. The minimum Gasteiger partial charge on any atom is -0.497 e. The molecule has 0 radical (unpaired) electrons. The van der Waals surface area contributed by atoms with Crippen molar-refractivity contribution in [3.63, 3.8) is 0 Å². The molecule has 0 spiro atoms. The molecule has 49 heavy (non-hydrogen) atoms. The molecule has 262 valence electrons. The van der Waals surface area contributed by atoms with Crippen LogP contribution < -0.4 is 18.9 Å². The smallest absolute Gasteiger partial charge is 0.119 e. The predicted octanol–water partition coefficient (Wildman–Crippen LogP) is 8.13. The molecule has 2 aliphatic rings. The van der Waals surface area contributed by atoms with E-state index in [2.05, 4.69) is 83.1 Å². The third-order valence-electron chi connectivity index (χ3n) is 9.28. The molecule has 1 N–H and O–H groups in total. The summed E-state index contributed by atoms with van der Waals surface area (Å²) in [6, 6.07) is 33.0. The van der Waals surface area contributed by atoms with E-state index in [1.54, 1.807) is 7.11 Å². The van der Waals surface area contributed by atoms with Gasteiger partial charge in [0.15, 0.2) is 0 Å². The molecule has 4 aromatic carbocycles. The van der Waals surface area contributed by atoms with Crippen LogP contribution in [0.15, 0.2) is 97.1 Å². The van der Waals surface area contributed by atoms with Gasteiger partial charge in [-0.2, -0.15) is 0 Å². The van der Waals surface area contributed by atoms with Crippen LogP contribution in [0.5, 0.6) is 23.0 Å². The van der Waals surface area contributed by atoms with Crippen molar-refractivity contribution < 1.29 is 33.5 Å². The lowest BCUT2D eigenvalue weighted by molar-refractivity contribution is 0.0993. The summed E-state index contributed by atoms with van der Waals surface area (Å²) in [5.74, 6) is 3.44. The second-order valence-electron chi connectivity index (χ2n) is 13.8. The molecule has 6 rings (SSSR count). The van der Waals surface area contributed by atoms with Gasteiger partial charge in [0.05, 0.1) is 26.4 Å². The van der Waals surface area contributed by atoms with Crippen LogP contribution in [0.4, 0.5) is 0 Å². The first-order valence-electron chi connectivity index (χ1n) is 17.3. The zero-order valence-corrected chi connectivity index (χ0v) is 29.8. The topological polar surface area (TPSA) is 82.2 Å². The summed E-state index contributed by atoms with van der Waals surface area (Å²) in [6.45, 7) is 14.2. The standard InChI is InChI=1S/C23H30O4.C19H22O3/c1-4-5-19(24)14-25-20-10-6-17(7-11-20)23(2,3)18-8-12-21(13-9-18)26-15-22-16-27-22;1-19(2,14-4-8-16(20-3)9-5-14)15-6-10-17(11-7-15)21-12-18-13-22-18/h6-13,19,22,24H,4-5,14-16H2,1-3H3;4-11,18H,12-13H2,1-3H3. The van der Waals surface area contributed by atoms with E-state index in [1.165, 1.54) is 22.3 Å². The number of hydrogen-bond donors (Lipinski definition) is 1. The van der Waals surface area contributed by atoms with E-state index in [-0.39, 0.29) is 23.0 Å².